The summed E-state index contributed by atoms with van der Waals surface area (Å²) in [5.41, 5.74) is 4.85. The summed E-state index contributed by atoms with van der Waals surface area (Å²) in [4.78, 5) is 18.0. The molecule has 0 aromatic heterocycles. The number of methoxy groups -OCH3 is 1. The molecule has 2 saturated carbocycles. The molecular formula is C28H43N3O3. The fourth-order valence-electron chi connectivity index (χ4n) is 7.18. The van der Waals surface area contributed by atoms with E-state index in [0.29, 0.717) is 30.5 Å². The first kappa shape index (κ1) is 23.8. The number of nitrogens with zero attached hydrogens (tertiary/aromatic N) is 3. The molecule has 5 rings (SSSR count). The smallest absolute Gasteiger partial charge is 0.407 e. The minimum absolute atomic E-state index is 0.394. The van der Waals surface area contributed by atoms with Crippen molar-refractivity contribution in [3.05, 3.63) is 23.8 Å². The average molecular weight is 470 g/mol. The topological polar surface area (TPSA) is 56.2 Å². The Labute approximate surface area is 205 Å². The minimum atomic E-state index is -0.792. The Hall–Kier alpha value is -1.95. The summed E-state index contributed by atoms with van der Waals surface area (Å²) < 4.78 is 5.59. The average Bonchev–Trinajstić information content (AvgIpc) is 2.89. The third-order valence-electron chi connectivity index (χ3n) is 9.44. The number of carboxylic acid groups (broad SMARTS) is 1. The number of hydrogen-bond acceptors (Lipinski definition) is 4. The van der Waals surface area contributed by atoms with Crippen LogP contribution < -0.4 is 9.80 Å². The molecule has 4 fully saturated rings. The largest absolute Gasteiger partial charge is 0.465 e. The highest BCUT2D eigenvalue weighted by Crippen LogP contribution is 2.52. The van der Waals surface area contributed by atoms with Crippen molar-refractivity contribution < 1.29 is 14.6 Å². The second kappa shape index (κ2) is 10.3. The van der Waals surface area contributed by atoms with Crippen molar-refractivity contribution in [1.82, 2.24) is 4.90 Å². The zero-order valence-corrected chi connectivity index (χ0v) is 21.0. The maximum atomic E-state index is 11.4. The lowest BCUT2D eigenvalue weighted by Gasteiger charge is -2.44. The van der Waals surface area contributed by atoms with E-state index < -0.39 is 6.09 Å². The van der Waals surface area contributed by atoms with Gasteiger partial charge in [-0.3, -0.25) is 0 Å². The van der Waals surface area contributed by atoms with E-state index in [1.807, 2.05) is 7.11 Å². The molecule has 0 radical (unpaired) electrons. The number of carbonyl (C=O) groups is 1. The summed E-state index contributed by atoms with van der Waals surface area (Å²) in [6.45, 7) is 4.87. The zero-order chi connectivity index (χ0) is 23.5. The summed E-state index contributed by atoms with van der Waals surface area (Å²) in [5, 5.41) is 9.38. The van der Waals surface area contributed by atoms with Gasteiger partial charge in [0.25, 0.3) is 0 Å². The zero-order valence-electron chi connectivity index (χ0n) is 21.0. The maximum Gasteiger partial charge on any atom is 0.407 e. The Morgan fingerprint density at radius 2 is 1.56 bits per heavy atom. The van der Waals surface area contributed by atoms with Crippen LogP contribution in [0.1, 0.15) is 82.1 Å². The van der Waals surface area contributed by atoms with Gasteiger partial charge in [-0.25, -0.2) is 4.79 Å². The predicted molar refractivity (Wildman–Crippen MR) is 137 cm³/mol. The summed E-state index contributed by atoms with van der Waals surface area (Å²) in [7, 11) is 1.83. The monoisotopic (exact) mass is 469 g/mol. The number of ether oxygens (including phenoxy) is 1. The third kappa shape index (κ3) is 5.02. The Morgan fingerprint density at radius 3 is 2.18 bits per heavy atom. The van der Waals surface area contributed by atoms with Gasteiger partial charge in [-0.2, -0.15) is 0 Å². The van der Waals surface area contributed by atoms with Crippen molar-refractivity contribution in [3.8, 4) is 0 Å². The SMILES string of the molecule is COC1CCN(c2ccc(N3CCN(C(=O)O)CC3)c(C3CCC4(CCCCC4)CC3)c2)CC1. The number of piperidine rings is 1. The molecule has 6 heteroatoms. The summed E-state index contributed by atoms with van der Waals surface area (Å²) in [6.07, 6.45) is 14.3. The highest BCUT2D eigenvalue weighted by atomic mass is 16.5. The van der Waals surface area contributed by atoms with Crippen molar-refractivity contribution in [3.63, 3.8) is 0 Å². The quantitative estimate of drug-likeness (QED) is 0.612. The van der Waals surface area contributed by atoms with Crippen LogP contribution in [0, 0.1) is 5.41 Å². The van der Waals surface area contributed by atoms with Crippen LogP contribution in [0.15, 0.2) is 18.2 Å². The van der Waals surface area contributed by atoms with Gasteiger partial charge in [-0.05, 0) is 86.5 Å². The number of amides is 1. The van der Waals surface area contributed by atoms with Crippen LogP contribution in [0.2, 0.25) is 0 Å². The Balaban J connectivity index is 1.36. The highest BCUT2D eigenvalue weighted by Gasteiger charge is 2.37. The second-order valence-electron chi connectivity index (χ2n) is 11.3. The lowest BCUT2D eigenvalue weighted by Crippen LogP contribution is -2.48. The molecule has 34 heavy (non-hydrogen) atoms. The maximum absolute atomic E-state index is 11.4. The molecule has 1 N–H and O–H groups in total. The van der Waals surface area contributed by atoms with Gasteiger partial charge in [-0.1, -0.05) is 19.3 Å². The van der Waals surface area contributed by atoms with Crippen LogP contribution >= 0.6 is 0 Å². The highest BCUT2D eigenvalue weighted by molar-refractivity contribution is 5.67. The first-order chi connectivity index (χ1) is 16.6. The van der Waals surface area contributed by atoms with Crippen LogP contribution in [0.4, 0.5) is 16.2 Å². The molecule has 0 atom stereocenters. The number of anilines is 2. The van der Waals surface area contributed by atoms with Crippen molar-refractivity contribution in [1.29, 1.82) is 0 Å². The van der Waals surface area contributed by atoms with Crippen molar-refractivity contribution in [2.24, 2.45) is 5.41 Å². The van der Waals surface area contributed by atoms with Crippen LogP contribution in [-0.4, -0.2) is 68.6 Å². The van der Waals surface area contributed by atoms with Crippen LogP contribution in [0.5, 0.6) is 0 Å². The van der Waals surface area contributed by atoms with E-state index in [1.54, 1.807) is 4.90 Å². The van der Waals surface area contributed by atoms with E-state index >= 15 is 0 Å². The molecule has 2 saturated heterocycles. The molecule has 1 aromatic rings. The number of rotatable bonds is 4. The number of hydrogen-bond donors (Lipinski definition) is 1. The molecule has 4 aliphatic rings. The molecule has 1 amide bonds. The molecule has 0 unspecified atom stereocenters. The van der Waals surface area contributed by atoms with Gasteiger partial charge in [0.05, 0.1) is 6.10 Å². The first-order valence-electron chi connectivity index (χ1n) is 13.7. The first-order valence-corrected chi connectivity index (χ1v) is 13.7. The Morgan fingerprint density at radius 1 is 0.882 bits per heavy atom. The Kier molecular flexibility index (Phi) is 7.24. The van der Waals surface area contributed by atoms with Crippen LogP contribution in [-0.2, 0) is 4.74 Å². The molecule has 0 bridgehead atoms. The van der Waals surface area contributed by atoms with Gasteiger partial charge in [-0.15, -0.1) is 0 Å². The molecule has 2 heterocycles. The molecule has 1 spiro atoms. The van der Waals surface area contributed by atoms with E-state index in [4.69, 9.17) is 4.74 Å². The molecule has 6 nitrogen and oxygen atoms in total. The van der Waals surface area contributed by atoms with E-state index in [9.17, 15) is 9.90 Å². The molecule has 2 aliphatic heterocycles. The standard InChI is InChI=1S/C28H43N3O3/c1-34-24-9-15-29(16-10-24)23-5-6-26(30-17-19-31(20-18-30)27(32)33)25(21-23)22-7-13-28(14-8-22)11-3-2-4-12-28/h5-6,21-22,24H,2-4,7-20H2,1H3,(H,32,33). The number of piperazine rings is 1. The summed E-state index contributed by atoms with van der Waals surface area (Å²) in [5.74, 6) is 0.622. The normalized spacial score (nSPS) is 24.6. The van der Waals surface area contributed by atoms with Crippen molar-refractivity contribution >= 4 is 17.5 Å². The molecule has 1 aromatic carbocycles. The minimum Gasteiger partial charge on any atom is -0.465 e. The second-order valence-corrected chi connectivity index (χ2v) is 11.3. The molecular weight excluding hydrogens is 426 g/mol. The fourth-order valence-corrected chi connectivity index (χ4v) is 7.18. The van der Waals surface area contributed by atoms with Gasteiger partial charge < -0.3 is 24.5 Å². The lowest BCUT2D eigenvalue weighted by molar-refractivity contribution is 0.0819. The molecule has 2 aliphatic carbocycles. The van der Waals surface area contributed by atoms with E-state index in [1.165, 1.54) is 74.7 Å². The van der Waals surface area contributed by atoms with Crippen LogP contribution in [0.3, 0.4) is 0 Å². The van der Waals surface area contributed by atoms with Gasteiger partial charge >= 0.3 is 6.09 Å². The van der Waals surface area contributed by atoms with Crippen molar-refractivity contribution in [2.75, 3.05) is 56.2 Å². The van der Waals surface area contributed by atoms with E-state index in [0.717, 1.165) is 39.0 Å². The van der Waals surface area contributed by atoms with Crippen LogP contribution in [0.25, 0.3) is 0 Å². The van der Waals surface area contributed by atoms with Gasteiger partial charge in [0.2, 0.25) is 0 Å². The number of benzene rings is 1. The summed E-state index contributed by atoms with van der Waals surface area (Å²) >= 11 is 0. The third-order valence-corrected chi connectivity index (χ3v) is 9.44. The Bertz CT molecular complexity index is 827. The van der Waals surface area contributed by atoms with E-state index in [2.05, 4.69) is 28.0 Å². The summed E-state index contributed by atoms with van der Waals surface area (Å²) in [6, 6.07) is 7.14. The van der Waals surface area contributed by atoms with E-state index in [-0.39, 0.29) is 0 Å². The molecule has 188 valence electrons. The lowest BCUT2D eigenvalue weighted by atomic mass is 9.62. The van der Waals surface area contributed by atoms with Crippen molar-refractivity contribution in [2.45, 2.75) is 82.7 Å². The van der Waals surface area contributed by atoms with Gasteiger partial charge in [0.1, 0.15) is 0 Å². The van der Waals surface area contributed by atoms with Gasteiger partial charge in [0.15, 0.2) is 0 Å². The van der Waals surface area contributed by atoms with Gasteiger partial charge in [0, 0.05) is 57.8 Å². The fraction of sp³-hybridized carbons (Fsp3) is 0.750. The predicted octanol–water partition coefficient (Wildman–Crippen LogP) is 5.71.